The van der Waals surface area contributed by atoms with Gasteiger partial charge in [-0.05, 0) is 54.5 Å². The molecule has 1 saturated heterocycles. The van der Waals surface area contributed by atoms with E-state index < -0.39 is 17.6 Å². The number of aldehydes is 1. The largest absolute Gasteiger partial charge is 0.416 e. The van der Waals surface area contributed by atoms with Crippen LogP contribution < -0.4 is 5.32 Å². The van der Waals surface area contributed by atoms with Gasteiger partial charge in [-0.2, -0.15) is 13.2 Å². The third kappa shape index (κ3) is 11.7. The molecule has 0 saturated carbocycles. The fourth-order valence-electron chi connectivity index (χ4n) is 3.14. The first-order valence-electron chi connectivity index (χ1n) is 11.5. The molecule has 37 heavy (non-hydrogen) atoms. The van der Waals surface area contributed by atoms with Crippen molar-refractivity contribution in [2.45, 2.75) is 25.4 Å². The molecule has 0 spiro atoms. The second kappa shape index (κ2) is 15.5. The molecule has 0 aromatic carbocycles. The molecule has 0 radical (unpaired) electrons. The van der Waals surface area contributed by atoms with Crippen LogP contribution >= 0.6 is 0 Å². The molecule has 2 N–H and O–H groups in total. The number of hydrogen-bond acceptors (Lipinski definition) is 4. The first kappa shape index (κ1) is 31.4. The third-order valence-electron chi connectivity index (χ3n) is 5.38. The number of halogens is 4. The van der Waals surface area contributed by atoms with Crippen LogP contribution in [-0.4, -0.2) is 62.4 Å². The van der Waals surface area contributed by atoms with Gasteiger partial charge in [0.25, 0.3) is 0 Å². The Kier molecular flexibility index (Phi) is 13.1. The van der Waals surface area contributed by atoms with Crippen molar-refractivity contribution in [2.24, 2.45) is 15.9 Å². The van der Waals surface area contributed by atoms with Crippen LogP contribution in [0.5, 0.6) is 0 Å². The molecule has 0 aromatic heterocycles. The molecule has 1 rings (SSSR count). The number of carbonyl (C=O) groups is 1. The lowest BCUT2D eigenvalue weighted by Gasteiger charge is -2.21. The van der Waals surface area contributed by atoms with E-state index in [1.807, 2.05) is 0 Å². The Morgan fingerprint density at radius 2 is 1.84 bits per heavy atom. The van der Waals surface area contributed by atoms with Crippen LogP contribution in [0.25, 0.3) is 0 Å². The van der Waals surface area contributed by atoms with Crippen molar-refractivity contribution >= 4 is 25.2 Å². The molecule has 1 aliphatic heterocycles. The summed E-state index contributed by atoms with van der Waals surface area (Å²) in [5.41, 5.74) is -0.367. The summed E-state index contributed by atoms with van der Waals surface area (Å²) in [5, 5.41) is 10.8. The molecular weight excluding hydrogens is 486 g/mol. The van der Waals surface area contributed by atoms with E-state index in [1.165, 1.54) is 6.21 Å². The number of nitrogens with one attached hydrogen (secondary N) is 2. The van der Waals surface area contributed by atoms with Crippen molar-refractivity contribution in [1.29, 1.82) is 5.41 Å². The van der Waals surface area contributed by atoms with Crippen LogP contribution in [0.4, 0.5) is 17.6 Å². The summed E-state index contributed by atoms with van der Waals surface area (Å²) in [4.78, 5) is 20.3. The van der Waals surface area contributed by atoms with Gasteiger partial charge in [-0.25, -0.2) is 9.38 Å². The smallest absolute Gasteiger partial charge is 0.341 e. The normalized spacial score (nSPS) is 17.5. The van der Waals surface area contributed by atoms with Gasteiger partial charge in [0, 0.05) is 38.3 Å². The Morgan fingerprint density at radius 1 is 1.14 bits per heavy atom. The summed E-state index contributed by atoms with van der Waals surface area (Å²) in [6, 6.07) is 0. The fourth-order valence-corrected chi connectivity index (χ4v) is 3.14. The molecule has 0 aromatic rings. The van der Waals surface area contributed by atoms with E-state index in [0.717, 1.165) is 49.9 Å². The summed E-state index contributed by atoms with van der Waals surface area (Å²) in [6.07, 6.45) is 4.07. The first-order chi connectivity index (χ1) is 17.4. The van der Waals surface area contributed by atoms with E-state index >= 15 is 0 Å². The lowest BCUT2D eigenvalue weighted by atomic mass is 10.1. The fraction of sp³-hybridized carbons (Fsp3) is 0.333. The van der Waals surface area contributed by atoms with Crippen LogP contribution in [0.2, 0.25) is 0 Å². The Bertz CT molecular complexity index is 1030. The monoisotopic (exact) mass is 519 g/mol. The molecule has 10 heteroatoms. The highest BCUT2D eigenvalue weighted by molar-refractivity contribution is 5.94. The number of likely N-dealkylation sites (tertiary alicyclic amines) is 1. The number of rotatable bonds is 12. The molecule has 0 amide bonds. The van der Waals surface area contributed by atoms with Gasteiger partial charge >= 0.3 is 6.18 Å². The average Bonchev–Trinajstić information content (AvgIpc) is 3.11. The maximum absolute atomic E-state index is 14.5. The standard InChI is InChI=1S/C27H33F4N5O/c1-19(20(2)16-35-26(32)36-13-7-6-8-23(17-36)18-37)14-25(28)21(3)15-34-12-11-24(27(29,30)31)10-9-22(4)33-5/h9-11,14,16,18,23,32,34H,1-8,12-13,15,17H2/b10-9-,24-11+,25-14+,32-26?,35-16-. The van der Waals surface area contributed by atoms with Gasteiger partial charge in [-0.15, -0.1) is 0 Å². The minimum Gasteiger partial charge on any atom is -0.341 e. The predicted octanol–water partition coefficient (Wildman–Crippen LogP) is 5.66. The molecule has 0 aliphatic carbocycles. The molecule has 0 bridgehead atoms. The van der Waals surface area contributed by atoms with Crippen molar-refractivity contribution < 1.29 is 22.4 Å². The number of allylic oxidation sites excluding steroid dienone is 6. The number of carbonyl (C=O) groups excluding carboxylic acids is 1. The van der Waals surface area contributed by atoms with E-state index in [9.17, 15) is 22.4 Å². The lowest BCUT2D eigenvalue weighted by Crippen LogP contribution is -2.33. The molecule has 1 atom stereocenters. The Morgan fingerprint density at radius 3 is 2.46 bits per heavy atom. The van der Waals surface area contributed by atoms with E-state index in [4.69, 9.17) is 5.41 Å². The molecule has 1 heterocycles. The van der Waals surface area contributed by atoms with Gasteiger partial charge in [0.2, 0.25) is 5.96 Å². The number of aliphatic imine (C=N–C) groups is 2. The van der Waals surface area contributed by atoms with Gasteiger partial charge in [0.15, 0.2) is 0 Å². The maximum Gasteiger partial charge on any atom is 0.416 e. The van der Waals surface area contributed by atoms with Gasteiger partial charge < -0.3 is 15.0 Å². The maximum atomic E-state index is 14.5. The Hall–Kier alpha value is -3.66. The Labute approximate surface area is 215 Å². The van der Waals surface area contributed by atoms with Gasteiger partial charge in [0.1, 0.15) is 12.1 Å². The number of hydrogen-bond donors (Lipinski definition) is 2. The van der Waals surface area contributed by atoms with Gasteiger partial charge in [0.05, 0.1) is 11.3 Å². The van der Waals surface area contributed by atoms with Crippen LogP contribution in [0, 0.1) is 11.3 Å². The molecule has 6 nitrogen and oxygen atoms in total. The van der Waals surface area contributed by atoms with Gasteiger partial charge in [-0.1, -0.05) is 38.8 Å². The lowest BCUT2D eigenvalue weighted by molar-refractivity contribution is -0.111. The minimum atomic E-state index is -4.58. The summed E-state index contributed by atoms with van der Waals surface area (Å²) in [7, 11) is 0. The average molecular weight is 520 g/mol. The zero-order chi connectivity index (χ0) is 28.0. The van der Waals surface area contributed by atoms with Crippen LogP contribution in [0.15, 0.2) is 94.4 Å². The van der Waals surface area contributed by atoms with Crippen LogP contribution in [0.1, 0.15) is 19.3 Å². The minimum absolute atomic E-state index is 0.00448. The summed E-state index contributed by atoms with van der Waals surface area (Å²) >= 11 is 0. The zero-order valence-electron chi connectivity index (χ0n) is 20.8. The van der Waals surface area contributed by atoms with Crippen molar-refractivity contribution in [1.82, 2.24) is 10.2 Å². The third-order valence-corrected chi connectivity index (χ3v) is 5.38. The number of alkyl halides is 3. The molecule has 1 unspecified atom stereocenters. The highest BCUT2D eigenvalue weighted by Crippen LogP contribution is 2.26. The highest BCUT2D eigenvalue weighted by atomic mass is 19.4. The summed E-state index contributed by atoms with van der Waals surface area (Å²) in [6.45, 7) is 18.4. The van der Waals surface area contributed by atoms with Gasteiger partial charge in [-0.3, -0.25) is 10.4 Å². The van der Waals surface area contributed by atoms with Crippen molar-refractivity contribution in [2.75, 3.05) is 26.2 Å². The zero-order valence-corrected chi connectivity index (χ0v) is 20.8. The SMILES string of the molecule is C=NC(=C)/C=C\C(=C/CNCC(=C)/C(F)=C\C(=C)C(=C)/C=N\C(=N)N1CCCCC(C=O)C1)C(F)(F)F. The summed E-state index contributed by atoms with van der Waals surface area (Å²) in [5.74, 6) is -0.891. The predicted molar refractivity (Wildman–Crippen MR) is 143 cm³/mol. The molecular formula is C27H33F4N5O. The highest BCUT2D eigenvalue weighted by Gasteiger charge is 2.31. The molecule has 1 fully saturated rings. The topological polar surface area (TPSA) is 80.9 Å². The van der Waals surface area contributed by atoms with Crippen molar-refractivity contribution in [3.05, 3.63) is 84.4 Å². The number of guanidine groups is 1. The van der Waals surface area contributed by atoms with Crippen molar-refractivity contribution in [3.8, 4) is 0 Å². The van der Waals surface area contributed by atoms with Crippen LogP contribution in [-0.2, 0) is 4.79 Å². The number of nitrogens with zero attached hydrogens (tertiary/aromatic N) is 3. The van der Waals surface area contributed by atoms with E-state index in [2.05, 4.69) is 48.3 Å². The van der Waals surface area contributed by atoms with Crippen LogP contribution in [0.3, 0.4) is 0 Å². The molecule has 1 aliphatic rings. The van der Waals surface area contributed by atoms with E-state index in [-0.39, 0.29) is 47.4 Å². The molecule has 200 valence electrons. The quantitative estimate of drug-likeness (QED) is 0.0872. The van der Waals surface area contributed by atoms with Crippen molar-refractivity contribution in [3.63, 3.8) is 0 Å². The second-order valence-electron chi connectivity index (χ2n) is 8.34. The van der Waals surface area contributed by atoms with E-state index in [0.29, 0.717) is 13.1 Å². The summed E-state index contributed by atoms with van der Waals surface area (Å²) < 4.78 is 53.8. The second-order valence-corrected chi connectivity index (χ2v) is 8.34. The Balaban J connectivity index is 2.66. The van der Waals surface area contributed by atoms with E-state index in [1.54, 1.807) is 4.90 Å². The first-order valence-corrected chi connectivity index (χ1v) is 11.5.